The molecule has 0 spiro atoms. The number of anilines is 1. The SMILES string of the molecule is CCC(O)C(CC)(c1ccc(C(F)(F)F)cc1)n1ncc2c(NS(C)(=O)=O)cccc21. The van der Waals surface area contributed by atoms with Gasteiger partial charge in [0.25, 0.3) is 0 Å². The molecule has 0 fully saturated rings. The van der Waals surface area contributed by atoms with Crippen LogP contribution in [0.25, 0.3) is 10.9 Å². The molecular weight excluding hydrogens is 431 g/mol. The fourth-order valence-electron chi connectivity index (χ4n) is 3.99. The number of aromatic nitrogens is 2. The van der Waals surface area contributed by atoms with Gasteiger partial charge in [-0.15, -0.1) is 0 Å². The standard InChI is InChI=1S/C21H24F3N3O3S/c1-4-19(28)20(5-2,14-9-11-15(12-10-14)21(22,23)24)27-18-8-6-7-17(16(18)13-25-27)26-31(3,29)30/h6-13,19,26,28H,4-5H2,1-3H3. The van der Waals surface area contributed by atoms with Crippen molar-refractivity contribution in [2.45, 2.75) is 44.5 Å². The van der Waals surface area contributed by atoms with Crippen LogP contribution < -0.4 is 4.72 Å². The highest BCUT2D eigenvalue weighted by Crippen LogP contribution is 2.39. The number of halogens is 3. The summed E-state index contributed by atoms with van der Waals surface area (Å²) in [6, 6.07) is 9.67. The molecule has 6 nitrogen and oxygen atoms in total. The largest absolute Gasteiger partial charge is 0.416 e. The third-order valence-electron chi connectivity index (χ3n) is 5.48. The van der Waals surface area contributed by atoms with Crippen LogP contribution in [0.1, 0.15) is 37.8 Å². The van der Waals surface area contributed by atoms with Crippen LogP contribution in [0, 0.1) is 0 Å². The maximum atomic E-state index is 13.1. The Morgan fingerprint density at radius 3 is 2.23 bits per heavy atom. The van der Waals surface area contributed by atoms with Crippen LogP contribution in [0.15, 0.2) is 48.7 Å². The lowest BCUT2D eigenvalue weighted by molar-refractivity contribution is -0.137. The number of aliphatic hydroxyl groups excluding tert-OH is 1. The van der Waals surface area contributed by atoms with E-state index < -0.39 is 33.4 Å². The Morgan fingerprint density at radius 1 is 1.10 bits per heavy atom. The van der Waals surface area contributed by atoms with Gasteiger partial charge in [0.15, 0.2) is 0 Å². The molecule has 0 aliphatic heterocycles. The fourth-order valence-corrected chi connectivity index (χ4v) is 4.57. The molecule has 2 unspecified atom stereocenters. The van der Waals surface area contributed by atoms with Crippen LogP contribution in [0.4, 0.5) is 18.9 Å². The van der Waals surface area contributed by atoms with Crippen LogP contribution in [0.3, 0.4) is 0 Å². The van der Waals surface area contributed by atoms with Gasteiger partial charge in [-0.2, -0.15) is 18.3 Å². The number of hydrogen-bond donors (Lipinski definition) is 2. The minimum absolute atomic E-state index is 0.328. The second-order valence-corrected chi connectivity index (χ2v) is 9.19. The van der Waals surface area contributed by atoms with Crippen molar-refractivity contribution < 1.29 is 26.7 Å². The molecule has 3 rings (SSSR count). The first-order valence-corrected chi connectivity index (χ1v) is 11.6. The zero-order valence-electron chi connectivity index (χ0n) is 17.3. The van der Waals surface area contributed by atoms with Crippen molar-refractivity contribution in [2.24, 2.45) is 0 Å². The van der Waals surface area contributed by atoms with Gasteiger partial charge in [-0.05, 0) is 42.7 Å². The molecule has 0 amide bonds. The zero-order chi connectivity index (χ0) is 23.0. The molecule has 3 aromatic rings. The Bertz CT molecular complexity index is 1170. The average Bonchev–Trinajstić information content (AvgIpc) is 3.13. The van der Waals surface area contributed by atoms with Gasteiger partial charge in [0.05, 0.1) is 35.3 Å². The Kier molecular flexibility index (Phi) is 6.07. The predicted molar refractivity (Wildman–Crippen MR) is 113 cm³/mol. The summed E-state index contributed by atoms with van der Waals surface area (Å²) in [5.41, 5.74) is -0.580. The molecular formula is C21H24F3N3O3S. The number of benzene rings is 2. The maximum absolute atomic E-state index is 13.1. The van der Waals surface area contributed by atoms with E-state index in [-0.39, 0.29) is 0 Å². The highest BCUT2D eigenvalue weighted by Gasteiger charge is 2.42. The minimum atomic E-state index is -4.47. The van der Waals surface area contributed by atoms with Gasteiger partial charge in [0, 0.05) is 5.39 Å². The van der Waals surface area contributed by atoms with Gasteiger partial charge in [-0.25, -0.2) is 8.42 Å². The highest BCUT2D eigenvalue weighted by molar-refractivity contribution is 7.92. The van der Waals surface area contributed by atoms with E-state index >= 15 is 0 Å². The van der Waals surface area contributed by atoms with Crippen LogP contribution >= 0.6 is 0 Å². The van der Waals surface area contributed by atoms with Crippen molar-refractivity contribution in [3.63, 3.8) is 0 Å². The molecule has 2 atom stereocenters. The van der Waals surface area contributed by atoms with Crippen molar-refractivity contribution in [1.82, 2.24) is 9.78 Å². The lowest BCUT2D eigenvalue weighted by Gasteiger charge is -2.38. The molecule has 0 bridgehead atoms. The smallest absolute Gasteiger partial charge is 0.390 e. The summed E-state index contributed by atoms with van der Waals surface area (Å²) in [4.78, 5) is 0. The molecule has 1 heterocycles. The van der Waals surface area contributed by atoms with E-state index in [1.54, 1.807) is 29.8 Å². The van der Waals surface area contributed by atoms with Gasteiger partial charge < -0.3 is 5.11 Å². The molecule has 0 radical (unpaired) electrons. The third kappa shape index (κ3) is 4.27. The Morgan fingerprint density at radius 2 is 1.71 bits per heavy atom. The molecule has 0 saturated carbocycles. The molecule has 0 aliphatic rings. The Balaban J connectivity index is 2.25. The van der Waals surface area contributed by atoms with Crippen LogP contribution in [0.2, 0.25) is 0 Å². The van der Waals surface area contributed by atoms with E-state index in [0.29, 0.717) is 35.0 Å². The zero-order valence-corrected chi connectivity index (χ0v) is 18.1. The first-order valence-electron chi connectivity index (χ1n) is 9.75. The monoisotopic (exact) mass is 455 g/mol. The number of fused-ring (bicyclic) bond motifs is 1. The molecule has 0 saturated heterocycles. The number of nitrogens with one attached hydrogen (secondary N) is 1. The summed E-state index contributed by atoms with van der Waals surface area (Å²) in [5.74, 6) is 0. The van der Waals surface area contributed by atoms with E-state index in [2.05, 4.69) is 9.82 Å². The summed E-state index contributed by atoms with van der Waals surface area (Å²) in [6.07, 6.45) is -2.23. The molecule has 10 heteroatoms. The molecule has 2 N–H and O–H groups in total. The van der Waals surface area contributed by atoms with E-state index in [0.717, 1.165) is 18.4 Å². The van der Waals surface area contributed by atoms with E-state index in [1.165, 1.54) is 18.3 Å². The summed E-state index contributed by atoms with van der Waals surface area (Å²) >= 11 is 0. The van der Waals surface area contributed by atoms with E-state index in [9.17, 15) is 26.7 Å². The normalized spacial score (nSPS) is 15.6. The van der Waals surface area contributed by atoms with Crippen LogP contribution in [0.5, 0.6) is 0 Å². The summed E-state index contributed by atoms with van der Waals surface area (Å²) in [6.45, 7) is 3.60. The van der Waals surface area contributed by atoms with Crippen LogP contribution in [-0.2, 0) is 21.7 Å². The van der Waals surface area contributed by atoms with Crippen molar-refractivity contribution >= 4 is 26.6 Å². The van der Waals surface area contributed by atoms with Gasteiger partial charge in [-0.1, -0.05) is 32.0 Å². The number of hydrogen-bond acceptors (Lipinski definition) is 4. The van der Waals surface area contributed by atoms with Gasteiger partial charge in [-0.3, -0.25) is 9.40 Å². The van der Waals surface area contributed by atoms with E-state index in [4.69, 9.17) is 0 Å². The second-order valence-electron chi connectivity index (χ2n) is 7.45. The maximum Gasteiger partial charge on any atom is 0.416 e. The summed E-state index contributed by atoms with van der Waals surface area (Å²) in [5, 5.41) is 16.0. The quantitative estimate of drug-likeness (QED) is 0.555. The van der Waals surface area contributed by atoms with Crippen LogP contribution in [-0.4, -0.2) is 35.7 Å². The molecule has 31 heavy (non-hydrogen) atoms. The molecule has 0 aliphatic carbocycles. The predicted octanol–water partition coefficient (Wildman–Crippen LogP) is 4.35. The third-order valence-corrected chi connectivity index (χ3v) is 6.07. The first-order chi connectivity index (χ1) is 14.4. The van der Waals surface area contributed by atoms with Crippen molar-refractivity contribution in [2.75, 3.05) is 11.0 Å². The summed E-state index contributed by atoms with van der Waals surface area (Å²) < 4.78 is 66.7. The molecule has 2 aromatic carbocycles. The van der Waals surface area contributed by atoms with Crippen molar-refractivity contribution in [3.8, 4) is 0 Å². The number of sulfonamides is 1. The molecule has 168 valence electrons. The second kappa shape index (κ2) is 8.16. The van der Waals surface area contributed by atoms with Gasteiger partial charge in [0.2, 0.25) is 10.0 Å². The van der Waals surface area contributed by atoms with E-state index in [1.807, 2.05) is 6.92 Å². The highest BCUT2D eigenvalue weighted by atomic mass is 32.2. The molecule has 1 aromatic heterocycles. The van der Waals surface area contributed by atoms with Crippen molar-refractivity contribution in [3.05, 3.63) is 59.8 Å². The first kappa shape index (κ1) is 23.1. The number of nitrogens with zero attached hydrogens (tertiary/aromatic N) is 2. The van der Waals surface area contributed by atoms with Gasteiger partial charge >= 0.3 is 6.18 Å². The van der Waals surface area contributed by atoms with Gasteiger partial charge in [0.1, 0.15) is 5.54 Å². The number of rotatable bonds is 7. The van der Waals surface area contributed by atoms with Crippen molar-refractivity contribution in [1.29, 1.82) is 0 Å². The Hall–Kier alpha value is -2.59. The lowest BCUT2D eigenvalue weighted by atomic mass is 9.80. The Labute approximate surface area is 178 Å². The number of alkyl halides is 3. The lowest BCUT2D eigenvalue weighted by Crippen LogP contribution is -2.46. The average molecular weight is 456 g/mol. The minimum Gasteiger partial charge on any atom is -0.390 e. The fraction of sp³-hybridized carbons (Fsp3) is 0.381. The topological polar surface area (TPSA) is 84.2 Å². The summed E-state index contributed by atoms with van der Waals surface area (Å²) in [7, 11) is -3.54. The number of aliphatic hydroxyl groups is 1.